The Kier molecular flexibility index (Phi) is 6.96. The first-order valence-electron chi connectivity index (χ1n) is 16.5. The van der Waals surface area contributed by atoms with Crippen LogP contribution in [-0.2, 0) is 9.47 Å². The van der Waals surface area contributed by atoms with E-state index >= 15 is 0 Å². The van der Waals surface area contributed by atoms with Crippen molar-refractivity contribution < 1.29 is 23.0 Å². The fourth-order valence-corrected chi connectivity index (χ4v) is 7.87. The van der Waals surface area contributed by atoms with Crippen LogP contribution in [0.3, 0.4) is 0 Å². The zero-order chi connectivity index (χ0) is 33.3. The summed E-state index contributed by atoms with van der Waals surface area (Å²) >= 11 is 0. The van der Waals surface area contributed by atoms with Gasteiger partial charge in [-0.2, -0.15) is 15.5 Å². The molecule has 4 aliphatic heterocycles. The lowest BCUT2D eigenvalue weighted by Gasteiger charge is -2.56. The standard InChI is InChI=1S/C35H31F2N9O3/c36-27-2-1-3-28(37)31(27)34(47)46-25-12-26(46)19-43(18-25)30-5-4-21(14-39-30)32-33-22(13-38)15-41-45(33)20-29(42-32)23-16-40-44(17-23)24-6-8-35(9-7-24)48-10-11-49-35/h1-5,14-17,20,24-26H,6-12,18-19H2. The number of hydrogen-bond donors (Lipinski definition) is 0. The van der Waals surface area contributed by atoms with Crippen LogP contribution in [0.25, 0.3) is 28.0 Å². The monoisotopic (exact) mass is 663 g/mol. The molecule has 5 aromatic rings. The molecule has 4 aromatic heterocycles. The Morgan fingerprint density at radius 2 is 1.67 bits per heavy atom. The van der Waals surface area contributed by atoms with E-state index in [1.54, 1.807) is 28.0 Å². The van der Waals surface area contributed by atoms with Gasteiger partial charge < -0.3 is 19.3 Å². The Morgan fingerprint density at radius 3 is 2.37 bits per heavy atom. The van der Waals surface area contributed by atoms with Crippen LogP contribution in [-0.4, -0.2) is 84.3 Å². The number of hydrogen-bond acceptors (Lipinski definition) is 9. The van der Waals surface area contributed by atoms with Crippen molar-refractivity contribution in [1.29, 1.82) is 5.26 Å². The van der Waals surface area contributed by atoms with Gasteiger partial charge in [0.15, 0.2) is 5.79 Å². The molecule has 1 spiro atoms. The van der Waals surface area contributed by atoms with Gasteiger partial charge >= 0.3 is 0 Å². The molecule has 1 aliphatic carbocycles. The average molecular weight is 664 g/mol. The molecule has 0 N–H and O–H groups in total. The van der Waals surface area contributed by atoms with Crippen molar-refractivity contribution in [1.82, 2.24) is 34.3 Å². The number of nitriles is 1. The second-order valence-corrected chi connectivity index (χ2v) is 13.1. The quantitative estimate of drug-likeness (QED) is 0.262. The second-order valence-electron chi connectivity index (χ2n) is 13.1. The minimum absolute atomic E-state index is 0.172. The number of nitrogens with zero attached hydrogens (tertiary/aromatic N) is 9. The Balaban J connectivity index is 0.955. The number of halogens is 2. The molecule has 14 heteroatoms. The molecule has 2 unspecified atom stereocenters. The first-order valence-corrected chi connectivity index (χ1v) is 16.5. The Bertz CT molecular complexity index is 2090. The molecule has 1 amide bonds. The van der Waals surface area contributed by atoms with E-state index in [0.717, 1.165) is 49.8 Å². The van der Waals surface area contributed by atoms with Crippen LogP contribution in [0.2, 0.25) is 0 Å². The van der Waals surface area contributed by atoms with Gasteiger partial charge in [0, 0.05) is 49.5 Å². The number of carbonyl (C=O) groups excluding carboxylic acids is 1. The van der Waals surface area contributed by atoms with E-state index in [1.165, 1.54) is 12.3 Å². The molecular formula is C35H31F2N9O3. The summed E-state index contributed by atoms with van der Waals surface area (Å²) in [5.74, 6) is -2.04. The van der Waals surface area contributed by atoms with Crippen LogP contribution in [0, 0.1) is 23.0 Å². The fourth-order valence-electron chi connectivity index (χ4n) is 7.87. The number of fused-ring (bicyclic) bond motifs is 3. The van der Waals surface area contributed by atoms with E-state index in [0.29, 0.717) is 60.2 Å². The number of anilines is 1. The maximum absolute atomic E-state index is 14.3. The maximum Gasteiger partial charge on any atom is 0.260 e. The molecule has 49 heavy (non-hydrogen) atoms. The molecule has 4 saturated heterocycles. The van der Waals surface area contributed by atoms with Gasteiger partial charge in [0.05, 0.1) is 61.3 Å². The van der Waals surface area contributed by atoms with E-state index in [9.17, 15) is 18.8 Å². The van der Waals surface area contributed by atoms with Gasteiger partial charge in [0.2, 0.25) is 0 Å². The van der Waals surface area contributed by atoms with Crippen molar-refractivity contribution in [2.24, 2.45) is 0 Å². The number of rotatable bonds is 5. The second kappa shape index (κ2) is 11.4. The van der Waals surface area contributed by atoms with Gasteiger partial charge in [0.1, 0.15) is 40.2 Å². The molecule has 5 aliphatic rings. The fraction of sp³-hybridized carbons (Fsp3) is 0.371. The topological polar surface area (TPSA) is 127 Å². The van der Waals surface area contributed by atoms with E-state index in [1.807, 2.05) is 23.0 Å². The lowest BCUT2D eigenvalue weighted by atomic mass is 9.86. The zero-order valence-corrected chi connectivity index (χ0v) is 26.4. The predicted octanol–water partition coefficient (Wildman–Crippen LogP) is 4.77. The first kappa shape index (κ1) is 29.8. The maximum atomic E-state index is 14.3. The van der Waals surface area contributed by atoms with Gasteiger partial charge in [0.25, 0.3) is 5.91 Å². The van der Waals surface area contributed by atoms with Crippen molar-refractivity contribution in [2.45, 2.75) is 56.0 Å². The highest BCUT2D eigenvalue weighted by Gasteiger charge is 2.48. The number of aromatic nitrogens is 6. The average Bonchev–Trinajstić information content (AvgIpc) is 3.89. The summed E-state index contributed by atoms with van der Waals surface area (Å²) in [5.41, 5.74) is 3.24. The molecule has 1 saturated carbocycles. The molecule has 248 valence electrons. The largest absolute Gasteiger partial charge is 0.352 e. The van der Waals surface area contributed by atoms with Crippen LogP contribution in [0.1, 0.15) is 54.1 Å². The van der Waals surface area contributed by atoms with Crippen LogP contribution in [0.4, 0.5) is 14.6 Å². The van der Waals surface area contributed by atoms with Gasteiger partial charge in [-0.05, 0) is 43.5 Å². The number of piperazine rings is 1. The summed E-state index contributed by atoms with van der Waals surface area (Å²) in [6.07, 6.45) is 13.1. The summed E-state index contributed by atoms with van der Waals surface area (Å²) in [6.45, 7) is 2.29. The number of pyridine rings is 1. The molecule has 1 aromatic carbocycles. The lowest BCUT2D eigenvalue weighted by Crippen LogP contribution is -2.70. The molecule has 10 rings (SSSR count). The minimum atomic E-state index is -0.852. The summed E-state index contributed by atoms with van der Waals surface area (Å²) < 4.78 is 44.1. The van der Waals surface area contributed by atoms with Crippen LogP contribution >= 0.6 is 0 Å². The molecule has 8 heterocycles. The molecular weight excluding hydrogens is 632 g/mol. The van der Waals surface area contributed by atoms with Gasteiger partial charge in [-0.15, -0.1) is 0 Å². The predicted molar refractivity (Wildman–Crippen MR) is 171 cm³/mol. The normalized spacial score (nSPS) is 21.7. The van der Waals surface area contributed by atoms with Crippen molar-refractivity contribution in [3.8, 4) is 28.6 Å². The molecule has 5 fully saturated rings. The van der Waals surface area contributed by atoms with Crippen molar-refractivity contribution in [2.75, 3.05) is 31.2 Å². The highest BCUT2D eigenvalue weighted by atomic mass is 19.1. The molecule has 12 nitrogen and oxygen atoms in total. The lowest BCUT2D eigenvalue weighted by molar-refractivity contribution is -0.181. The van der Waals surface area contributed by atoms with Gasteiger partial charge in [-0.3, -0.25) is 9.48 Å². The summed E-state index contributed by atoms with van der Waals surface area (Å²) in [7, 11) is 0. The molecule has 2 atom stereocenters. The number of amides is 1. The Morgan fingerprint density at radius 1 is 0.918 bits per heavy atom. The smallest absolute Gasteiger partial charge is 0.260 e. The van der Waals surface area contributed by atoms with Gasteiger partial charge in [-0.25, -0.2) is 23.3 Å². The SMILES string of the molecule is N#Cc1cnn2cc(-c3cnn(C4CCC5(CC4)OCCO5)c3)nc(-c3ccc(N4CC5CC(C4)N5C(=O)c4c(F)cccc4F)nc3)c12. The van der Waals surface area contributed by atoms with E-state index in [-0.39, 0.29) is 18.1 Å². The third-order valence-electron chi connectivity index (χ3n) is 10.4. The number of piperidine rings is 1. The van der Waals surface area contributed by atoms with Crippen molar-refractivity contribution in [3.05, 3.63) is 84.1 Å². The molecule has 2 bridgehead atoms. The van der Waals surface area contributed by atoms with Crippen LogP contribution < -0.4 is 4.90 Å². The third kappa shape index (κ3) is 4.95. The van der Waals surface area contributed by atoms with E-state index in [2.05, 4.69) is 21.2 Å². The highest BCUT2D eigenvalue weighted by molar-refractivity contribution is 5.96. The minimum Gasteiger partial charge on any atom is -0.352 e. The van der Waals surface area contributed by atoms with Crippen LogP contribution in [0.5, 0.6) is 0 Å². The first-order chi connectivity index (χ1) is 23.9. The highest BCUT2D eigenvalue weighted by Crippen LogP contribution is 2.41. The summed E-state index contributed by atoms with van der Waals surface area (Å²) in [4.78, 5) is 26.5. The van der Waals surface area contributed by atoms with Crippen molar-refractivity contribution >= 4 is 17.2 Å². The van der Waals surface area contributed by atoms with E-state index in [4.69, 9.17) is 19.4 Å². The Hall–Kier alpha value is -5.26. The van der Waals surface area contributed by atoms with Gasteiger partial charge in [-0.1, -0.05) is 6.07 Å². The van der Waals surface area contributed by atoms with E-state index < -0.39 is 28.9 Å². The van der Waals surface area contributed by atoms with Crippen LogP contribution in [0.15, 0.2) is 61.3 Å². The third-order valence-corrected chi connectivity index (χ3v) is 10.4. The summed E-state index contributed by atoms with van der Waals surface area (Å²) in [5, 5.41) is 19.0. The molecule has 0 radical (unpaired) electrons. The number of benzene rings is 1. The number of ether oxygens (including phenoxy) is 2. The Labute approximate surface area is 279 Å². The van der Waals surface area contributed by atoms with Crippen molar-refractivity contribution in [3.63, 3.8) is 0 Å². The zero-order valence-electron chi connectivity index (χ0n) is 26.4. The number of carbonyl (C=O) groups is 1. The summed E-state index contributed by atoms with van der Waals surface area (Å²) in [6, 6.07) is 9.37.